The van der Waals surface area contributed by atoms with Crippen LogP contribution in [0.25, 0.3) is 5.57 Å². The first kappa shape index (κ1) is 20.5. The van der Waals surface area contributed by atoms with Gasteiger partial charge in [0.2, 0.25) is 0 Å². The van der Waals surface area contributed by atoms with Crippen LogP contribution in [0.1, 0.15) is 19.4 Å². The van der Waals surface area contributed by atoms with Crippen molar-refractivity contribution in [1.29, 1.82) is 0 Å². The van der Waals surface area contributed by atoms with Crippen molar-refractivity contribution in [3.8, 4) is 5.75 Å². The minimum atomic E-state index is -0.436. The molecule has 1 heterocycles. The summed E-state index contributed by atoms with van der Waals surface area (Å²) in [5.41, 5.74) is 1.26. The molecule has 0 saturated carbocycles. The lowest BCUT2D eigenvalue weighted by Crippen LogP contribution is -2.31. The van der Waals surface area contributed by atoms with Gasteiger partial charge in [-0.15, -0.1) is 11.8 Å². The second kappa shape index (κ2) is 8.82. The first-order chi connectivity index (χ1) is 13.4. The molecule has 2 aromatic rings. The Morgan fingerprint density at radius 2 is 1.75 bits per heavy atom. The number of ether oxygens (including phenoxy) is 1. The summed E-state index contributed by atoms with van der Waals surface area (Å²) in [5.74, 6) is 0.122. The molecule has 2 aromatic carbocycles. The van der Waals surface area contributed by atoms with Crippen LogP contribution in [0.2, 0.25) is 5.02 Å². The van der Waals surface area contributed by atoms with Gasteiger partial charge in [0.15, 0.2) is 0 Å². The number of nitrogens with zero attached hydrogens (tertiary/aromatic N) is 1. The van der Waals surface area contributed by atoms with E-state index in [1.165, 1.54) is 0 Å². The van der Waals surface area contributed by atoms with Crippen LogP contribution in [0, 0.1) is 0 Å². The highest BCUT2D eigenvalue weighted by Gasteiger charge is 2.40. The number of aliphatic hydroxyl groups excluding tert-OH is 1. The number of carbonyl (C=O) groups is 2. The number of thioether (sulfide) groups is 1. The van der Waals surface area contributed by atoms with Gasteiger partial charge in [0.25, 0.3) is 11.8 Å². The van der Waals surface area contributed by atoms with Crippen molar-refractivity contribution in [2.24, 2.45) is 0 Å². The molecule has 1 aliphatic heterocycles. The lowest BCUT2D eigenvalue weighted by molar-refractivity contribution is -0.119. The molecule has 1 N–H and O–H groups in total. The average Bonchev–Trinajstić information content (AvgIpc) is 2.91. The molecule has 28 heavy (non-hydrogen) atoms. The normalized spacial score (nSPS) is 14.4. The standard InChI is InChI=1S/C21H20ClNO4S/c1-13(2)27-15-9-7-14(8-10-15)18-19(28-12-11-24)21(26)23(20(18)25)17-6-4-3-5-16(17)22/h3-10,13,24H,11-12H2,1-2H3. The van der Waals surface area contributed by atoms with Gasteiger partial charge in [-0.2, -0.15) is 0 Å². The zero-order chi connectivity index (χ0) is 20.3. The number of anilines is 1. The molecule has 0 bridgehead atoms. The number of aliphatic hydroxyl groups is 1. The number of benzene rings is 2. The Kier molecular flexibility index (Phi) is 6.44. The molecule has 0 aliphatic carbocycles. The third-order valence-corrected chi connectivity index (χ3v) is 5.36. The second-order valence-electron chi connectivity index (χ2n) is 6.36. The van der Waals surface area contributed by atoms with Gasteiger partial charge >= 0.3 is 0 Å². The fourth-order valence-electron chi connectivity index (χ4n) is 2.87. The van der Waals surface area contributed by atoms with Crippen LogP contribution in [0.3, 0.4) is 0 Å². The first-order valence-electron chi connectivity index (χ1n) is 8.82. The Morgan fingerprint density at radius 1 is 1.07 bits per heavy atom. The number of rotatable bonds is 7. The summed E-state index contributed by atoms with van der Waals surface area (Å²) in [7, 11) is 0. The molecular formula is C21H20ClNO4S. The summed E-state index contributed by atoms with van der Waals surface area (Å²) in [6.07, 6.45) is 0.0335. The smallest absolute Gasteiger partial charge is 0.272 e. The average molecular weight is 418 g/mol. The number of hydrogen-bond donors (Lipinski definition) is 1. The highest BCUT2D eigenvalue weighted by molar-refractivity contribution is 8.04. The van der Waals surface area contributed by atoms with Crippen LogP contribution in [0.15, 0.2) is 53.4 Å². The Morgan fingerprint density at radius 3 is 2.36 bits per heavy atom. The van der Waals surface area contributed by atoms with Crippen molar-refractivity contribution in [2.45, 2.75) is 20.0 Å². The summed E-state index contributed by atoms with van der Waals surface area (Å²) < 4.78 is 5.64. The molecule has 0 fully saturated rings. The maximum Gasteiger partial charge on any atom is 0.272 e. The van der Waals surface area contributed by atoms with Gasteiger partial charge in [-0.25, -0.2) is 4.90 Å². The van der Waals surface area contributed by atoms with Gasteiger partial charge in [-0.05, 0) is 43.7 Å². The zero-order valence-electron chi connectivity index (χ0n) is 15.5. The second-order valence-corrected chi connectivity index (χ2v) is 7.88. The maximum absolute atomic E-state index is 13.2. The maximum atomic E-state index is 13.2. The highest BCUT2D eigenvalue weighted by atomic mass is 35.5. The molecule has 146 valence electrons. The van der Waals surface area contributed by atoms with Gasteiger partial charge in [-0.3, -0.25) is 9.59 Å². The fourth-order valence-corrected chi connectivity index (χ4v) is 3.95. The summed E-state index contributed by atoms with van der Waals surface area (Å²) in [6.45, 7) is 3.76. The van der Waals surface area contributed by atoms with Crippen molar-refractivity contribution in [1.82, 2.24) is 0 Å². The largest absolute Gasteiger partial charge is 0.491 e. The third-order valence-electron chi connectivity index (χ3n) is 3.99. The van der Waals surface area contributed by atoms with Gasteiger partial charge < -0.3 is 9.84 Å². The van der Waals surface area contributed by atoms with E-state index in [0.717, 1.165) is 16.7 Å². The molecule has 2 amide bonds. The molecule has 0 unspecified atom stereocenters. The van der Waals surface area contributed by atoms with Gasteiger partial charge in [0.05, 0.1) is 33.9 Å². The molecule has 3 rings (SSSR count). The van der Waals surface area contributed by atoms with E-state index < -0.39 is 11.8 Å². The van der Waals surface area contributed by atoms with E-state index in [2.05, 4.69) is 0 Å². The van der Waals surface area contributed by atoms with Crippen LogP contribution in [0.5, 0.6) is 5.75 Å². The summed E-state index contributed by atoms with van der Waals surface area (Å²) in [5, 5.41) is 9.51. The van der Waals surface area contributed by atoms with E-state index in [9.17, 15) is 14.7 Å². The van der Waals surface area contributed by atoms with Crippen LogP contribution < -0.4 is 9.64 Å². The van der Waals surface area contributed by atoms with Crippen LogP contribution >= 0.6 is 23.4 Å². The van der Waals surface area contributed by atoms with Gasteiger partial charge in [0.1, 0.15) is 5.75 Å². The first-order valence-corrected chi connectivity index (χ1v) is 10.2. The number of hydrogen-bond acceptors (Lipinski definition) is 5. The van der Waals surface area contributed by atoms with Gasteiger partial charge in [0, 0.05) is 5.75 Å². The molecule has 1 aliphatic rings. The number of imide groups is 1. The van der Waals surface area contributed by atoms with Gasteiger partial charge in [-0.1, -0.05) is 35.9 Å². The highest BCUT2D eigenvalue weighted by Crippen LogP contribution is 2.40. The Hall–Kier alpha value is -2.28. The molecule has 7 heteroatoms. The number of para-hydroxylation sites is 1. The van der Waals surface area contributed by atoms with Crippen molar-refractivity contribution in [3.63, 3.8) is 0 Å². The lowest BCUT2D eigenvalue weighted by atomic mass is 10.1. The molecule has 0 saturated heterocycles. The molecule has 0 aromatic heterocycles. The van der Waals surface area contributed by atoms with E-state index >= 15 is 0 Å². The predicted octanol–water partition coefficient (Wildman–Crippen LogP) is 4.14. The Bertz CT molecular complexity index is 924. The minimum Gasteiger partial charge on any atom is -0.491 e. The Balaban J connectivity index is 2.02. The van der Waals surface area contributed by atoms with E-state index in [1.54, 1.807) is 48.5 Å². The Labute approximate surface area is 172 Å². The molecule has 0 spiro atoms. The third kappa shape index (κ3) is 4.09. The summed E-state index contributed by atoms with van der Waals surface area (Å²) in [6, 6.07) is 13.8. The molecule has 5 nitrogen and oxygen atoms in total. The van der Waals surface area contributed by atoms with Crippen molar-refractivity contribution in [2.75, 3.05) is 17.3 Å². The van der Waals surface area contributed by atoms with Crippen molar-refractivity contribution < 1.29 is 19.4 Å². The monoisotopic (exact) mass is 417 g/mol. The fraction of sp³-hybridized carbons (Fsp3) is 0.238. The van der Waals surface area contributed by atoms with Crippen LogP contribution in [-0.2, 0) is 9.59 Å². The SMILES string of the molecule is CC(C)Oc1ccc(C2=C(SCCO)C(=O)N(c3ccccc3Cl)C2=O)cc1. The van der Waals surface area contributed by atoms with E-state index in [4.69, 9.17) is 16.3 Å². The van der Waals surface area contributed by atoms with Crippen molar-refractivity contribution in [3.05, 3.63) is 64.0 Å². The quantitative estimate of drug-likeness (QED) is 0.686. The molecular weight excluding hydrogens is 398 g/mol. The summed E-state index contributed by atoms with van der Waals surface area (Å²) in [4.78, 5) is 27.6. The van der Waals surface area contributed by atoms with E-state index in [-0.39, 0.29) is 12.7 Å². The predicted molar refractivity (Wildman–Crippen MR) is 113 cm³/mol. The zero-order valence-corrected chi connectivity index (χ0v) is 17.1. The van der Waals surface area contributed by atoms with E-state index in [0.29, 0.717) is 38.3 Å². The minimum absolute atomic E-state index is 0.0335. The van der Waals surface area contributed by atoms with E-state index in [1.807, 2.05) is 13.8 Å². The van der Waals surface area contributed by atoms with Crippen LogP contribution in [-0.4, -0.2) is 35.4 Å². The van der Waals surface area contributed by atoms with Crippen LogP contribution in [0.4, 0.5) is 5.69 Å². The summed E-state index contributed by atoms with van der Waals surface area (Å²) >= 11 is 7.38. The lowest BCUT2D eigenvalue weighted by Gasteiger charge is -2.16. The van der Waals surface area contributed by atoms with Crippen molar-refractivity contribution >= 4 is 46.4 Å². The molecule has 0 atom stereocenters. The number of carbonyl (C=O) groups excluding carboxylic acids is 2. The number of halogens is 1. The topological polar surface area (TPSA) is 66.8 Å². The molecule has 0 radical (unpaired) electrons. The number of amides is 2.